The summed E-state index contributed by atoms with van der Waals surface area (Å²) in [6.07, 6.45) is 5.00. The minimum atomic E-state index is -3.64. The zero-order chi connectivity index (χ0) is 13.8. The van der Waals surface area contributed by atoms with Crippen LogP contribution in [0.1, 0.15) is 26.5 Å². The van der Waals surface area contributed by atoms with Crippen LogP contribution in [0.3, 0.4) is 0 Å². The topological polar surface area (TPSA) is 71.3 Å². The van der Waals surface area contributed by atoms with Gasteiger partial charge in [0.1, 0.15) is 5.76 Å². The van der Waals surface area contributed by atoms with Crippen molar-refractivity contribution in [3.05, 3.63) is 17.9 Å². The van der Waals surface area contributed by atoms with Gasteiger partial charge in [0.2, 0.25) is 5.09 Å². The van der Waals surface area contributed by atoms with Crippen LogP contribution in [0.4, 0.5) is 0 Å². The lowest BCUT2D eigenvalue weighted by molar-refractivity contribution is 0.359. The lowest BCUT2D eigenvalue weighted by Gasteiger charge is -2.19. The molecule has 0 fully saturated rings. The fourth-order valence-corrected chi connectivity index (χ4v) is 2.04. The van der Waals surface area contributed by atoms with Gasteiger partial charge in [0.15, 0.2) is 0 Å². The molecule has 0 atom stereocenters. The van der Waals surface area contributed by atoms with Gasteiger partial charge in [-0.3, -0.25) is 0 Å². The Morgan fingerprint density at radius 2 is 2.06 bits per heavy atom. The Morgan fingerprint density at radius 3 is 2.61 bits per heavy atom. The monoisotopic (exact) mass is 270 g/mol. The minimum Gasteiger partial charge on any atom is -0.447 e. The molecule has 0 saturated carbocycles. The molecule has 0 radical (unpaired) electrons. The lowest BCUT2D eigenvalue weighted by Crippen LogP contribution is -2.34. The first kappa shape index (κ1) is 14.8. The quantitative estimate of drug-likeness (QED) is 0.785. The van der Waals surface area contributed by atoms with Gasteiger partial charge in [-0.05, 0) is 32.9 Å². The van der Waals surface area contributed by atoms with Gasteiger partial charge in [-0.1, -0.05) is 5.92 Å². The molecule has 18 heavy (non-hydrogen) atoms. The molecule has 0 unspecified atom stereocenters. The summed E-state index contributed by atoms with van der Waals surface area (Å²) in [5, 5.41) is 3.08. The smallest absolute Gasteiger partial charge is 0.274 e. The van der Waals surface area contributed by atoms with Crippen LogP contribution in [-0.2, 0) is 16.6 Å². The third-order valence-corrected chi connectivity index (χ3v) is 3.33. The number of furan rings is 1. The Hall–Kier alpha value is -1.29. The van der Waals surface area contributed by atoms with Crippen molar-refractivity contribution in [2.24, 2.45) is 0 Å². The second kappa shape index (κ2) is 5.57. The van der Waals surface area contributed by atoms with Crippen LogP contribution in [0.2, 0.25) is 0 Å². The van der Waals surface area contributed by atoms with Gasteiger partial charge in [-0.25, -0.2) is 8.42 Å². The van der Waals surface area contributed by atoms with Crippen LogP contribution in [0.5, 0.6) is 0 Å². The van der Waals surface area contributed by atoms with Crippen LogP contribution in [0, 0.1) is 12.3 Å². The van der Waals surface area contributed by atoms with Crippen molar-refractivity contribution < 1.29 is 12.8 Å². The molecule has 0 aliphatic heterocycles. The summed E-state index contributed by atoms with van der Waals surface area (Å²) in [4.78, 5) is 0. The standard InChI is InChI=1S/C12H18N2O3S/c1-5-8-14-18(15,16)11-7-6-10(17-11)9-13-12(2,3)4/h1,6-7,13-14H,8-9H2,2-4H3. The molecule has 0 amide bonds. The maximum absolute atomic E-state index is 11.7. The van der Waals surface area contributed by atoms with Gasteiger partial charge in [0.25, 0.3) is 10.0 Å². The second-order valence-electron chi connectivity index (χ2n) is 4.85. The van der Waals surface area contributed by atoms with Crippen molar-refractivity contribution in [3.8, 4) is 12.3 Å². The van der Waals surface area contributed by atoms with Crippen LogP contribution in [0.25, 0.3) is 0 Å². The summed E-state index contributed by atoms with van der Waals surface area (Å²) >= 11 is 0. The minimum absolute atomic E-state index is 0.0569. The van der Waals surface area contributed by atoms with Crippen molar-refractivity contribution >= 4 is 10.0 Å². The van der Waals surface area contributed by atoms with Crippen LogP contribution in [-0.4, -0.2) is 20.5 Å². The zero-order valence-electron chi connectivity index (χ0n) is 10.8. The number of hydrogen-bond donors (Lipinski definition) is 2. The van der Waals surface area contributed by atoms with Crippen molar-refractivity contribution in [2.75, 3.05) is 6.54 Å². The summed E-state index contributed by atoms with van der Waals surface area (Å²) < 4.78 is 30.9. The van der Waals surface area contributed by atoms with Gasteiger partial charge < -0.3 is 9.73 Å². The summed E-state index contributed by atoms with van der Waals surface area (Å²) in [5.41, 5.74) is -0.0620. The van der Waals surface area contributed by atoms with Crippen molar-refractivity contribution in [1.29, 1.82) is 0 Å². The normalized spacial score (nSPS) is 12.3. The van der Waals surface area contributed by atoms with Gasteiger partial charge >= 0.3 is 0 Å². The Labute approximate surface area is 108 Å². The molecule has 1 rings (SSSR count). The Balaban J connectivity index is 2.72. The molecule has 0 spiro atoms. The number of terminal acetylenes is 1. The molecule has 0 bridgehead atoms. The van der Waals surface area contributed by atoms with Crippen LogP contribution >= 0.6 is 0 Å². The molecule has 0 aromatic carbocycles. The number of rotatable bonds is 5. The van der Waals surface area contributed by atoms with E-state index >= 15 is 0 Å². The van der Waals surface area contributed by atoms with E-state index in [4.69, 9.17) is 10.8 Å². The summed E-state index contributed by atoms with van der Waals surface area (Å²) in [5.74, 6) is 2.76. The predicted octanol–water partition coefficient (Wildman–Crippen LogP) is 1.08. The highest BCUT2D eigenvalue weighted by Crippen LogP contribution is 2.14. The average Bonchev–Trinajstić information content (AvgIpc) is 2.72. The number of nitrogens with one attached hydrogen (secondary N) is 2. The second-order valence-corrected chi connectivity index (χ2v) is 6.55. The largest absolute Gasteiger partial charge is 0.447 e. The van der Waals surface area contributed by atoms with E-state index in [1.807, 2.05) is 20.8 Å². The maximum Gasteiger partial charge on any atom is 0.274 e. The highest BCUT2D eigenvalue weighted by Gasteiger charge is 2.18. The molecule has 0 aliphatic carbocycles. The van der Waals surface area contributed by atoms with E-state index in [9.17, 15) is 8.42 Å². The zero-order valence-corrected chi connectivity index (χ0v) is 11.6. The van der Waals surface area contributed by atoms with Crippen molar-refractivity contribution in [3.63, 3.8) is 0 Å². The number of hydrogen-bond acceptors (Lipinski definition) is 4. The van der Waals surface area contributed by atoms with Gasteiger partial charge in [-0.2, -0.15) is 4.72 Å². The van der Waals surface area contributed by atoms with Crippen molar-refractivity contribution in [2.45, 2.75) is 37.9 Å². The SMILES string of the molecule is C#CCNS(=O)(=O)c1ccc(CNC(C)(C)C)o1. The molecule has 0 aliphatic rings. The highest BCUT2D eigenvalue weighted by atomic mass is 32.2. The first-order valence-electron chi connectivity index (χ1n) is 5.51. The summed E-state index contributed by atoms with van der Waals surface area (Å²) in [7, 11) is -3.64. The first-order valence-corrected chi connectivity index (χ1v) is 7.00. The third kappa shape index (κ3) is 4.53. The molecule has 2 N–H and O–H groups in total. The molecule has 1 aromatic rings. The summed E-state index contributed by atoms with van der Waals surface area (Å²) in [6, 6.07) is 3.04. The van der Waals surface area contributed by atoms with Gasteiger partial charge in [-0.15, -0.1) is 6.42 Å². The Morgan fingerprint density at radius 1 is 1.39 bits per heavy atom. The molecule has 5 nitrogen and oxygen atoms in total. The molecule has 100 valence electrons. The van der Waals surface area contributed by atoms with Gasteiger partial charge in [0, 0.05) is 5.54 Å². The molecule has 1 heterocycles. The summed E-state index contributed by atoms with van der Waals surface area (Å²) in [6.45, 7) is 6.46. The molecular formula is C12H18N2O3S. The molecule has 6 heteroatoms. The Kier molecular flexibility index (Phi) is 4.57. The molecule has 1 aromatic heterocycles. The van der Waals surface area contributed by atoms with E-state index in [1.54, 1.807) is 6.07 Å². The van der Waals surface area contributed by atoms with Crippen LogP contribution < -0.4 is 10.0 Å². The molecular weight excluding hydrogens is 252 g/mol. The van der Waals surface area contributed by atoms with E-state index in [-0.39, 0.29) is 17.2 Å². The highest BCUT2D eigenvalue weighted by molar-refractivity contribution is 7.89. The van der Waals surface area contributed by atoms with E-state index < -0.39 is 10.0 Å². The van der Waals surface area contributed by atoms with Crippen molar-refractivity contribution in [1.82, 2.24) is 10.0 Å². The number of sulfonamides is 1. The predicted molar refractivity (Wildman–Crippen MR) is 69.3 cm³/mol. The lowest BCUT2D eigenvalue weighted by atomic mass is 10.1. The first-order chi connectivity index (χ1) is 8.24. The fraction of sp³-hybridized carbons (Fsp3) is 0.500. The van der Waals surface area contributed by atoms with Crippen LogP contribution in [0.15, 0.2) is 21.6 Å². The Bertz CT molecular complexity index is 532. The fourth-order valence-electron chi connectivity index (χ4n) is 1.16. The van der Waals surface area contributed by atoms with E-state index in [0.29, 0.717) is 12.3 Å². The van der Waals surface area contributed by atoms with E-state index in [1.165, 1.54) is 6.07 Å². The maximum atomic E-state index is 11.7. The third-order valence-electron chi connectivity index (χ3n) is 2.06. The van der Waals surface area contributed by atoms with E-state index in [0.717, 1.165) is 0 Å². The van der Waals surface area contributed by atoms with Gasteiger partial charge in [0.05, 0.1) is 13.1 Å². The average molecular weight is 270 g/mol. The molecule has 0 saturated heterocycles. The van der Waals surface area contributed by atoms with E-state index in [2.05, 4.69) is 16.0 Å².